The monoisotopic (exact) mass is 470 g/mol. The molecule has 3 aromatic rings. The van der Waals surface area contributed by atoms with Crippen molar-refractivity contribution in [1.82, 2.24) is 20.1 Å². The van der Waals surface area contributed by atoms with Gasteiger partial charge in [0.2, 0.25) is 11.8 Å². The highest BCUT2D eigenvalue weighted by Gasteiger charge is 2.39. The zero-order valence-electron chi connectivity index (χ0n) is 19.3. The fourth-order valence-electron chi connectivity index (χ4n) is 5.34. The number of rotatable bonds is 5. The molecule has 4 heterocycles. The number of hydrogen-bond donors (Lipinski definition) is 1. The van der Waals surface area contributed by atoms with Gasteiger partial charge < -0.3 is 9.64 Å². The van der Waals surface area contributed by atoms with Gasteiger partial charge in [0.15, 0.2) is 0 Å². The third kappa shape index (κ3) is 4.25. The number of carbonyl (C=O) groups excluding carboxylic acids is 3. The lowest BCUT2D eigenvalue weighted by molar-refractivity contribution is -0.136. The Balaban J connectivity index is 1.08. The first kappa shape index (κ1) is 21.7. The van der Waals surface area contributed by atoms with Gasteiger partial charge in [-0.2, -0.15) is 0 Å². The van der Waals surface area contributed by atoms with Crippen LogP contribution in [0.5, 0.6) is 5.75 Å². The summed E-state index contributed by atoms with van der Waals surface area (Å²) in [5, 5.41) is 3.49. The van der Waals surface area contributed by atoms with E-state index in [1.165, 1.54) is 5.56 Å². The number of carbonyl (C=O) groups is 3. The van der Waals surface area contributed by atoms with E-state index in [0.29, 0.717) is 18.5 Å². The number of likely N-dealkylation sites (tertiary alicyclic amines) is 1. The topological polar surface area (TPSA) is 91.8 Å². The number of nitrogens with zero attached hydrogens (tertiary/aromatic N) is 3. The van der Waals surface area contributed by atoms with Crippen molar-refractivity contribution in [2.75, 3.05) is 13.1 Å². The molecule has 35 heavy (non-hydrogen) atoms. The molecule has 1 unspecified atom stereocenters. The van der Waals surface area contributed by atoms with Gasteiger partial charge in [0.1, 0.15) is 17.9 Å². The molecule has 6 rings (SSSR count). The van der Waals surface area contributed by atoms with E-state index in [-0.39, 0.29) is 24.3 Å². The van der Waals surface area contributed by atoms with Gasteiger partial charge >= 0.3 is 0 Å². The highest BCUT2D eigenvalue weighted by Crippen LogP contribution is 2.31. The molecule has 178 valence electrons. The summed E-state index contributed by atoms with van der Waals surface area (Å²) < 4.78 is 6.28. The van der Waals surface area contributed by atoms with Crippen molar-refractivity contribution < 1.29 is 19.1 Å². The van der Waals surface area contributed by atoms with E-state index in [2.05, 4.69) is 39.5 Å². The molecule has 1 aromatic heterocycles. The maximum Gasteiger partial charge on any atom is 0.255 e. The summed E-state index contributed by atoms with van der Waals surface area (Å²) in [5.41, 5.74) is 3.72. The molecule has 8 nitrogen and oxygen atoms in total. The summed E-state index contributed by atoms with van der Waals surface area (Å²) in [5.74, 6) is -0.106. The van der Waals surface area contributed by atoms with E-state index >= 15 is 0 Å². The number of ether oxygens (including phenoxy) is 1. The van der Waals surface area contributed by atoms with Crippen LogP contribution in [0.2, 0.25) is 0 Å². The smallest absolute Gasteiger partial charge is 0.255 e. The molecule has 2 fully saturated rings. The van der Waals surface area contributed by atoms with Crippen LogP contribution < -0.4 is 10.1 Å². The second kappa shape index (κ2) is 8.78. The average molecular weight is 471 g/mol. The molecule has 3 aliphatic heterocycles. The number of hydrogen-bond acceptors (Lipinski definition) is 6. The first-order valence-corrected chi connectivity index (χ1v) is 12.0. The summed E-state index contributed by atoms with van der Waals surface area (Å²) in [7, 11) is 0. The number of nitrogens with one attached hydrogen (secondary N) is 1. The Kier molecular flexibility index (Phi) is 5.45. The molecular weight excluding hydrogens is 444 g/mol. The molecule has 0 aliphatic carbocycles. The summed E-state index contributed by atoms with van der Waals surface area (Å²) in [6.45, 7) is 3.02. The third-order valence-corrected chi connectivity index (χ3v) is 7.10. The Morgan fingerprint density at radius 3 is 2.86 bits per heavy atom. The minimum absolute atomic E-state index is 0.0820. The second-order valence-corrected chi connectivity index (χ2v) is 9.51. The minimum Gasteiger partial charge on any atom is -0.489 e. The van der Waals surface area contributed by atoms with Gasteiger partial charge in [-0.05, 0) is 60.4 Å². The predicted octanol–water partition coefficient (Wildman–Crippen LogP) is 2.65. The Bertz CT molecular complexity index is 1340. The lowest BCUT2D eigenvalue weighted by atomic mass is 10.0. The molecular formula is C27H26N4O4. The van der Waals surface area contributed by atoms with Crippen molar-refractivity contribution in [2.45, 2.75) is 44.5 Å². The number of amides is 3. The average Bonchev–Trinajstić information content (AvgIpc) is 3.42. The van der Waals surface area contributed by atoms with Gasteiger partial charge in [0.25, 0.3) is 5.91 Å². The number of pyridine rings is 1. The maximum atomic E-state index is 12.9. The van der Waals surface area contributed by atoms with Crippen LogP contribution in [-0.2, 0) is 22.7 Å². The number of imide groups is 1. The predicted molar refractivity (Wildman–Crippen MR) is 129 cm³/mol. The van der Waals surface area contributed by atoms with E-state index in [4.69, 9.17) is 4.74 Å². The third-order valence-electron chi connectivity index (χ3n) is 7.10. The number of aromatic nitrogens is 1. The molecule has 0 spiro atoms. The van der Waals surface area contributed by atoms with E-state index in [0.717, 1.165) is 48.3 Å². The zero-order chi connectivity index (χ0) is 23.9. The van der Waals surface area contributed by atoms with Crippen molar-refractivity contribution in [3.63, 3.8) is 0 Å². The maximum absolute atomic E-state index is 12.9. The lowest BCUT2D eigenvalue weighted by Gasteiger charge is -2.29. The van der Waals surface area contributed by atoms with Crippen LogP contribution in [0.3, 0.4) is 0 Å². The highest BCUT2D eigenvalue weighted by molar-refractivity contribution is 6.05. The summed E-state index contributed by atoms with van der Waals surface area (Å²) in [6.07, 6.45) is 3.44. The van der Waals surface area contributed by atoms with Gasteiger partial charge in [0.05, 0.1) is 5.52 Å². The van der Waals surface area contributed by atoms with Crippen LogP contribution >= 0.6 is 0 Å². The van der Waals surface area contributed by atoms with Crippen LogP contribution in [0.4, 0.5) is 0 Å². The highest BCUT2D eigenvalue weighted by atomic mass is 16.5. The molecule has 1 N–H and O–H groups in total. The normalized spacial score (nSPS) is 22.5. The van der Waals surface area contributed by atoms with Gasteiger partial charge in [-0.1, -0.05) is 12.1 Å². The van der Waals surface area contributed by atoms with Crippen molar-refractivity contribution in [2.24, 2.45) is 0 Å². The Morgan fingerprint density at radius 1 is 1.06 bits per heavy atom. The van der Waals surface area contributed by atoms with Crippen LogP contribution in [0.15, 0.2) is 54.7 Å². The second-order valence-electron chi connectivity index (χ2n) is 9.51. The minimum atomic E-state index is -0.605. The van der Waals surface area contributed by atoms with Crippen molar-refractivity contribution in [3.8, 4) is 5.75 Å². The summed E-state index contributed by atoms with van der Waals surface area (Å²) in [6, 6.07) is 15.4. The SMILES string of the molecule is O=C1CCC(N2Cc3cc(O[C@H]4CCN(Cc5ccc6ncccc6c5)C4)ccc3C2=O)C(=O)N1. The zero-order valence-corrected chi connectivity index (χ0v) is 19.3. The van der Waals surface area contributed by atoms with Crippen molar-refractivity contribution in [1.29, 1.82) is 0 Å². The molecule has 2 atom stereocenters. The largest absolute Gasteiger partial charge is 0.489 e. The van der Waals surface area contributed by atoms with E-state index in [1.54, 1.807) is 11.0 Å². The fourth-order valence-corrected chi connectivity index (χ4v) is 5.34. The van der Waals surface area contributed by atoms with Crippen LogP contribution in [-0.4, -0.2) is 57.7 Å². The van der Waals surface area contributed by atoms with Crippen LogP contribution in [0.1, 0.15) is 40.7 Å². The number of fused-ring (bicyclic) bond motifs is 2. The quantitative estimate of drug-likeness (QED) is 0.577. The van der Waals surface area contributed by atoms with Gasteiger partial charge in [-0.15, -0.1) is 0 Å². The van der Waals surface area contributed by atoms with Crippen molar-refractivity contribution in [3.05, 3.63) is 71.4 Å². The van der Waals surface area contributed by atoms with E-state index < -0.39 is 11.9 Å². The standard InChI is InChI=1S/C27H26N4O4/c32-25-8-7-24(26(33)29-25)31-15-19-13-20(4-5-22(19)27(31)34)35-21-9-11-30(16-21)14-17-3-6-23-18(12-17)2-1-10-28-23/h1-6,10,12-13,21,24H,7-9,11,14-16H2,(H,29,32,33)/t21-,24?/m0/s1. The Labute approximate surface area is 202 Å². The first-order chi connectivity index (χ1) is 17.0. The van der Waals surface area contributed by atoms with Gasteiger partial charge in [-0.3, -0.25) is 29.6 Å². The molecule has 0 bridgehead atoms. The van der Waals surface area contributed by atoms with Crippen molar-refractivity contribution >= 4 is 28.6 Å². The lowest BCUT2D eigenvalue weighted by Crippen LogP contribution is -2.52. The van der Waals surface area contributed by atoms with Crippen LogP contribution in [0, 0.1) is 0 Å². The Morgan fingerprint density at radius 2 is 1.97 bits per heavy atom. The fraction of sp³-hybridized carbons (Fsp3) is 0.333. The van der Waals surface area contributed by atoms with Gasteiger partial charge in [0, 0.05) is 49.7 Å². The molecule has 2 saturated heterocycles. The van der Waals surface area contributed by atoms with E-state index in [9.17, 15) is 14.4 Å². The molecule has 3 aliphatic rings. The number of piperidine rings is 1. The molecule has 0 radical (unpaired) electrons. The van der Waals surface area contributed by atoms with Crippen LogP contribution in [0.25, 0.3) is 10.9 Å². The Hall–Kier alpha value is -3.78. The molecule has 2 aromatic carbocycles. The summed E-state index contributed by atoms with van der Waals surface area (Å²) >= 11 is 0. The molecule has 3 amide bonds. The first-order valence-electron chi connectivity index (χ1n) is 12.0. The summed E-state index contributed by atoms with van der Waals surface area (Å²) in [4.78, 5) is 44.9. The molecule has 0 saturated carbocycles. The number of benzene rings is 2. The van der Waals surface area contributed by atoms with E-state index in [1.807, 2.05) is 24.4 Å². The van der Waals surface area contributed by atoms with Gasteiger partial charge in [-0.25, -0.2) is 0 Å². The molecule has 8 heteroatoms.